The summed E-state index contributed by atoms with van der Waals surface area (Å²) in [5.74, 6) is -0.0625. The van der Waals surface area contributed by atoms with Crippen LogP contribution in [0, 0.1) is 10.1 Å². The second-order valence-corrected chi connectivity index (χ2v) is 4.40. The fourth-order valence-electron chi connectivity index (χ4n) is 1.37. The highest BCUT2D eigenvalue weighted by atomic mass is 79.9. The zero-order valence-electron chi connectivity index (χ0n) is 8.44. The third kappa shape index (κ3) is 2.59. The number of ketones is 1. The van der Waals surface area contributed by atoms with Gasteiger partial charge < -0.3 is 0 Å². The summed E-state index contributed by atoms with van der Waals surface area (Å²) >= 11 is 8.85. The molecule has 16 heavy (non-hydrogen) atoms. The number of halogens is 2. The summed E-state index contributed by atoms with van der Waals surface area (Å²) in [6.07, 6.45) is 0. The predicted octanol–water partition coefficient (Wildman–Crippen LogP) is 3.36. The fraction of sp³-hybridized carbons (Fsp3) is 0.300. The average molecular weight is 307 g/mol. The summed E-state index contributed by atoms with van der Waals surface area (Å²) in [5.41, 5.74) is 0.846. The lowest BCUT2D eigenvalue weighted by atomic mass is 10.0. The van der Waals surface area contributed by atoms with Crippen molar-refractivity contribution in [3.8, 4) is 0 Å². The van der Waals surface area contributed by atoms with Crippen LogP contribution in [0.25, 0.3) is 0 Å². The van der Waals surface area contributed by atoms with Gasteiger partial charge in [-0.25, -0.2) is 0 Å². The quantitative estimate of drug-likeness (QED) is 0.487. The first-order chi connectivity index (χ1) is 7.49. The molecule has 0 aliphatic heterocycles. The highest BCUT2D eigenvalue weighted by Crippen LogP contribution is 2.35. The molecule has 0 spiro atoms. The molecule has 0 aliphatic carbocycles. The van der Waals surface area contributed by atoms with Crippen molar-refractivity contribution in [2.75, 3.05) is 0 Å². The van der Waals surface area contributed by atoms with E-state index in [1.165, 1.54) is 13.0 Å². The van der Waals surface area contributed by atoms with Crippen LogP contribution in [-0.2, 0) is 10.7 Å². The van der Waals surface area contributed by atoms with Gasteiger partial charge in [-0.1, -0.05) is 28.1 Å². The Morgan fingerprint density at radius 2 is 2.25 bits per heavy atom. The smallest absolute Gasteiger partial charge is 0.274 e. The lowest BCUT2D eigenvalue weighted by Gasteiger charge is -2.11. The number of carbonyl (C=O) groups is 1. The number of hydrogen-bond donors (Lipinski definition) is 0. The molecule has 1 aromatic carbocycles. The van der Waals surface area contributed by atoms with Crippen molar-refractivity contribution in [3.05, 3.63) is 39.4 Å². The molecule has 4 nitrogen and oxygen atoms in total. The van der Waals surface area contributed by atoms with E-state index in [1.807, 2.05) is 0 Å². The van der Waals surface area contributed by atoms with Crippen molar-refractivity contribution >= 4 is 39.0 Å². The summed E-state index contributed by atoms with van der Waals surface area (Å²) < 4.78 is 0. The van der Waals surface area contributed by atoms with Gasteiger partial charge in [0.15, 0.2) is 0 Å². The molecular formula is C10H9BrClNO3. The maximum absolute atomic E-state index is 11.3. The second-order valence-electron chi connectivity index (χ2n) is 3.21. The van der Waals surface area contributed by atoms with Crippen molar-refractivity contribution in [2.45, 2.75) is 17.6 Å². The van der Waals surface area contributed by atoms with Gasteiger partial charge in [0.05, 0.1) is 10.5 Å². The van der Waals surface area contributed by atoms with E-state index in [2.05, 4.69) is 15.9 Å². The van der Waals surface area contributed by atoms with Crippen molar-refractivity contribution in [3.63, 3.8) is 0 Å². The van der Waals surface area contributed by atoms with Gasteiger partial charge in [0.25, 0.3) is 5.69 Å². The van der Waals surface area contributed by atoms with Crippen molar-refractivity contribution in [1.82, 2.24) is 0 Å². The summed E-state index contributed by atoms with van der Waals surface area (Å²) in [6, 6.07) is 4.59. The highest BCUT2D eigenvalue weighted by Gasteiger charge is 2.25. The first-order valence-electron chi connectivity index (χ1n) is 4.45. The zero-order chi connectivity index (χ0) is 12.3. The van der Waals surface area contributed by atoms with Crippen LogP contribution in [0.4, 0.5) is 5.69 Å². The Labute approximate surface area is 106 Å². The van der Waals surface area contributed by atoms with E-state index in [9.17, 15) is 14.9 Å². The van der Waals surface area contributed by atoms with E-state index in [4.69, 9.17) is 11.6 Å². The predicted molar refractivity (Wildman–Crippen MR) is 65.0 cm³/mol. The molecule has 0 fully saturated rings. The number of nitro benzene ring substituents is 1. The van der Waals surface area contributed by atoms with Crippen LogP contribution in [0.2, 0.25) is 0 Å². The van der Waals surface area contributed by atoms with Gasteiger partial charge in [-0.2, -0.15) is 0 Å². The molecule has 0 aliphatic rings. The lowest BCUT2D eigenvalue weighted by molar-refractivity contribution is -0.385. The number of Topliss-reactive ketones (excluding diaryl/α,β-unsaturated/α-hetero) is 1. The molecule has 86 valence electrons. The molecule has 1 rings (SSSR count). The molecular weight excluding hydrogens is 297 g/mol. The van der Waals surface area contributed by atoms with Gasteiger partial charge >= 0.3 is 0 Å². The summed E-state index contributed by atoms with van der Waals surface area (Å²) in [4.78, 5) is 20.9. The van der Waals surface area contributed by atoms with Crippen LogP contribution in [0.15, 0.2) is 18.2 Å². The number of rotatable bonds is 4. The van der Waals surface area contributed by atoms with Crippen molar-refractivity contribution in [1.29, 1.82) is 0 Å². The van der Waals surface area contributed by atoms with Crippen LogP contribution in [0.3, 0.4) is 0 Å². The number of alkyl halides is 2. The Morgan fingerprint density at radius 3 is 2.69 bits per heavy atom. The van der Waals surface area contributed by atoms with Gasteiger partial charge in [0.1, 0.15) is 10.6 Å². The first kappa shape index (κ1) is 13.1. The summed E-state index contributed by atoms with van der Waals surface area (Å²) in [7, 11) is 0. The number of benzene rings is 1. The molecule has 0 heterocycles. The molecule has 0 N–H and O–H groups in total. The van der Waals surface area contributed by atoms with Gasteiger partial charge in [-0.05, 0) is 12.5 Å². The molecule has 0 bridgehead atoms. The largest absolute Gasteiger partial charge is 0.298 e. The Kier molecular flexibility index (Phi) is 4.44. The van der Waals surface area contributed by atoms with Gasteiger partial charge in [0, 0.05) is 11.9 Å². The van der Waals surface area contributed by atoms with E-state index in [1.54, 1.807) is 12.1 Å². The van der Waals surface area contributed by atoms with Crippen LogP contribution in [0.5, 0.6) is 0 Å². The fourth-order valence-corrected chi connectivity index (χ4v) is 2.13. The van der Waals surface area contributed by atoms with Crippen molar-refractivity contribution < 1.29 is 9.72 Å². The first-order valence-corrected chi connectivity index (χ1v) is 5.90. The highest BCUT2D eigenvalue weighted by molar-refractivity contribution is 9.09. The number of hydrogen-bond acceptors (Lipinski definition) is 3. The lowest BCUT2D eigenvalue weighted by Crippen LogP contribution is -2.07. The Hall–Kier alpha value is -0.940. The zero-order valence-corrected chi connectivity index (χ0v) is 10.8. The molecule has 0 saturated heterocycles. The van der Waals surface area contributed by atoms with E-state index >= 15 is 0 Å². The Balaban J connectivity index is 3.41. The molecule has 0 aromatic heterocycles. The van der Waals surface area contributed by atoms with Gasteiger partial charge in [-0.3, -0.25) is 14.9 Å². The maximum Gasteiger partial charge on any atom is 0.274 e. The number of nitro groups is 1. The Morgan fingerprint density at radius 1 is 1.62 bits per heavy atom. The van der Waals surface area contributed by atoms with E-state index in [0.717, 1.165) is 0 Å². The van der Waals surface area contributed by atoms with Gasteiger partial charge in [-0.15, -0.1) is 11.6 Å². The molecule has 0 radical (unpaired) electrons. The average Bonchev–Trinajstić information content (AvgIpc) is 2.26. The third-order valence-electron chi connectivity index (χ3n) is 2.12. The van der Waals surface area contributed by atoms with E-state index < -0.39 is 9.75 Å². The molecule has 1 atom stereocenters. The minimum absolute atomic E-state index is 0.0878. The minimum atomic E-state index is -0.692. The van der Waals surface area contributed by atoms with Crippen LogP contribution >= 0.6 is 27.5 Å². The van der Waals surface area contributed by atoms with Crippen LogP contribution < -0.4 is 0 Å². The maximum atomic E-state index is 11.3. The molecule has 0 amide bonds. The third-order valence-corrected chi connectivity index (χ3v) is 3.51. The standard InChI is InChI=1S/C10H9BrClNO3/c1-6(14)10(11)9-7(5-12)3-2-4-8(9)13(15)16/h2-4,10H,5H2,1H3. The molecule has 6 heteroatoms. The minimum Gasteiger partial charge on any atom is -0.298 e. The van der Waals surface area contributed by atoms with Gasteiger partial charge in [0.2, 0.25) is 0 Å². The molecule has 1 aromatic rings. The van der Waals surface area contributed by atoms with Crippen LogP contribution in [0.1, 0.15) is 22.9 Å². The van der Waals surface area contributed by atoms with E-state index in [0.29, 0.717) is 11.1 Å². The van der Waals surface area contributed by atoms with Crippen LogP contribution in [-0.4, -0.2) is 10.7 Å². The van der Waals surface area contributed by atoms with Crippen molar-refractivity contribution in [2.24, 2.45) is 0 Å². The Bertz CT molecular complexity index is 436. The topological polar surface area (TPSA) is 60.2 Å². The number of nitrogens with zero attached hydrogens (tertiary/aromatic N) is 1. The van der Waals surface area contributed by atoms with E-state index in [-0.39, 0.29) is 17.4 Å². The SMILES string of the molecule is CC(=O)C(Br)c1c(CCl)cccc1[N+](=O)[O-]. The molecule has 1 unspecified atom stereocenters. The summed E-state index contributed by atoms with van der Waals surface area (Å²) in [5, 5.41) is 10.8. The molecule has 0 saturated carbocycles. The summed E-state index contributed by atoms with van der Waals surface area (Å²) in [6.45, 7) is 1.37. The number of carbonyl (C=O) groups excluding carboxylic acids is 1. The normalized spacial score (nSPS) is 12.2. The second kappa shape index (κ2) is 5.41. The monoisotopic (exact) mass is 305 g/mol.